The van der Waals surface area contributed by atoms with Gasteiger partial charge in [-0.3, -0.25) is 0 Å². The summed E-state index contributed by atoms with van der Waals surface area (Å²) in [6.07, 6.45) is 2.04. The van der Waals surface area contributed by atoms with Crippen molar-refractivity contribution in [3.63, 3.8) is 0 Å². The molecule has 2 aromatic rings. The first-order valence-electron chi connectivity index (χ1n) is 5.81. The molecule has 0 amide bonds. The third-order valence-electron chi connectivity index (χ3n) is 2.84. The van der Waals surface area contributed by atoms with Crippen LogP contribution in [-0.4, -0.2) is 14.7 Å². The predicted octanol–water partition coefficient (Wildman–Crippen LogP) is 2.43. The molecule has 17 heavy (non-hydrogen) atoms. The molecule has 0 bridgehead atoms. The Morgan fingerprint density at radius 3 is 2.71 bits per heavy atom. The van der Waals surface area contributed by atoms with E-state index in [-0.39, 0.29) is 0 Å². The van der Waals surface area contributed by atoms with E-state index in [1.54, 1.807) is 0 Å². The van der Waals surface area contributed by atoms with Crippen LogP contribution in [0.4, 0.5) is 5.95 Å². The minimum atomic E-state index is 0.692. The monoisotopic (exact) mass is 234 g/mol. The molecular weight excluding hydrogens is 216 g/mol. The Labute approximate surface area is 101 Å². The maximum atomic E-state index is 5.13. The smallest absolute Gasteiger partial charge is 0.203 e. The molecule has 0 unspecified atom stereocenters. The first-order chi connectivity index (χ1) is 8.11. The lowest BCUT2D eigenvalue weighted by molar-refractivity contribution is 0.392. The molecule has 2 rings (SSSR count). The number of rotatable bonds is 4. The minimum Gasteiger partial charge on any atom is -0.361 e. The molecule has 0 atom stereocenters. The Balaban J connectivity index is 2.12. The van der Waals surface area contributed by atoms with Gasteiger partial charge in [0.1, 0.15) is 5.76 Å². The number of hydrogen-bond donors (Lipinski definition) is 1. The molecule has 2 aromatic heterocycles. The summed E-state index contributed by atoms with van der Waals surface area (Å²) < 4.78 is 7.22. The summed E-state index contributed by atoms with van der Waals surface area (Å²) in [6.45, 7) is 9.57. The fraction of sp³-hybridized carbons (Fsp3) is 0.500. The second-order valence-corrected chi connectivity index (χ2v) is 4.15. The first-order valence-corrected chi connectivity index (χ1v) is 5.81. The fourth-order valence-electron chi connectivity index (χ4n) is 1.85. The lowest BCUT2D eigenvalue weighted by Gasteiger charge is -2.07. The van der Waals surface area contributed by atoms with Crippen molar-refractivity contribution in [3.8, 4) is 0 Å². The highest BCUT2D eigenvalue weighted by Gasteiger charge is 2.10. The van der Waals surface area contributed by atoms with Crippen LogP contribution in [0.1, 0.15) is 29.6 Å². The van der Waals surface area contributed by atoms with Gasteiger partial charge in [-0.15, -0.1) is 0 Å². The van der Waals surface area contributed by atoms with Crippen molar-refractivity contribution < 1.29 is 4.52 Å². The van der Waals surface area contributed by atoms with Crippen LogP contribution in [0.25, 0.3) is 0 Å². The molecule has 92 valence electrons. The summed E-state index contributed by atoms with van der Waals surface area (Å²) in [7, 11) is 0. The summed E-state index contributed by atoms with van der Waals surface area (Å²) in [5.74, 6) is 1.76. The van der Waals surface area contributed by atoms with Crippen molar-refractivity contribution >= 4 is 5.95 Å². The quantitative estimate of drug-likeness (QED) is 0.882. The van der Waals surface area contributed by atoms with E-state index in [1.165, 1.54) is 0 Å². The fourth-order valence-corrected chi connectivity index (χ4v) is 1.85. The number of imidazole rings is 1. The SMILES string of the molecule is CCn1cc(C)nc1NCc1c(C)noc1C. The van der Waals surface area contributed by atoms with E-state index < -0.39 is 0 Å². The van der Waals surface area contributed by atoms with Gasteiger partial charge in [0.25, 0.3) is 0 Å². The Morgan fingerprint density at radius 2 is 2.12 bits per heavy atom. The molecule has 0 aliphatic heterocycles. The Hall–Kier alpha value is -1.78. The molecule has 0 spiro atoms. The number of nitrogens with one attached hydrogen (secondary N) is 1. The zero-order valence-electron chi connectivity index (χ0n) is 10.7. The zero-order chi connectivity index (χ0) is 12.4. The summed E-state index contributed by atoms with van der Waals surface area (Å²) in [6, 6.07) is 0. The van der Waals surface area contributed by atoms with Crippen LogP contribution in [0.3, 0.4) is 0 Å². The van der Waals surface area contributed by atoms with E-state index in [9.17, 15) is 0 Å². The van der Waals surface area contributed by atoms with E-state index in [0.717, 1.165) is 35.2 Å². The number of anilines is 1. The van der Waals surface area contributed by atoms with Gasteiger partial charge in [-0.1, -0.05) is 5.16 Å². The minimum absolute atomic E-state index is 0.692. The topological polar surface area (TPSA) is 55.9 Å². The zero-order valence-corrected chi connectivity index (χ0v) is 10.7. The average Bonchev–Trinajstić information content (AvgIpc) is 2.81. The van der Waals surface area contributed by atoms with E-state index in [4.69, 9.17) is 4.52 Å². The molecule has 0 fully saturated rings. The standard InChI is InChI=1S/C12H18N4O/c1-5-16-7-8(2)14-12(16)13-6-11-9(3)15-17-10(11)4/h7H,5-6H2,1-4H3,(H,13,14). The molecule has 0 saturated heterocycles. The summed E-state index contributed by atoms with van der Waals surface area (Å²) >= 11 is 0. The normalized spacial score (nSPS) is 10.8. The van der Waals surface area contributed by atoms with Crippen molar-refractivity contribution in [1.29, 1.82) is 0 Å². The van der Waals surface area contributed by atoms with E-state index >= 15 is 0 Å². The second-order valence-electron chi connectivity index (χ2n) is 4.15. The van der Waals surface area contributed by atoms with Gasteiger partial charge in [-0.2, -0.15) is 0 Å². The lowest BCUT2D eigenvalue weighted by Crippen LogP contribution is -2.07. The molecule has 0 aliphatic carbocycles. The second kappa shape index (κ2) is 4.61. The number of hydrogen-bond acceptors (Lipinski definition) is 4. The Kier molecular flexibility index (Phi) is 3.17. The van der Waals surface area contributed by atoms with E-state index in [2.05, 4.69) is 26.9 Å². The van der Waals surface area contributed by atoms with Crippen LogP contribution in [0, 0.1) is 20.8 Å². The molecular formula is C12H18N4O. The third kappa shape index (κ3) is 2.33. The maximum absolute atomic E-state index is 5.13. The van der Waals surface area contributed by atoms with Gasteiger partial charge in [0.2, 0.25) is 5.95 Å². The highest BCUT2D eigenvalue weighted by atomic mass is 16.5. The highest BCUT2D eigenvalue weighted by molar-refractivity contribution is 5.32. The van der Waals surface area contributed by atoms with Crippen molar-refractivity contribution in [2.24, 2.45) is 0 Å². The molecule has 1 N–H and O–H groups in total. The summed E-state index contributed by atoms with van der Waals surface area (Å²) in [5, 5.41) is 7.25. The van der Waals surface area contributed by atoms with Crippen LogP contribution < -0.4 is 5.32 Å². The summed E-state index contributed by atoms with van der Waals surface area (Å²) in [4.78, 5) is 4.44. The number of aromatic nitrogens is 3. The molecule has 0 radical (unpaired) electrons. The first kappa shape index (κ1) is 11.7. The van der Waals surface area contributed by atoms with Crippen LogP contribution >= 0.6 is 0 Å². The van der Waals surface area contributed by atoms with Gasteiger partial charge >= 0.3 is 0 Å². The molecule has 5 heteroatoms. The van der Waals surface area contributed by atoms with Crippen LogP contribution in [0.15, 0.2) is 10.7 Å². The molecule has 0 saturated carbocycles. The van der Waals surface area contributed by atoms with E-state index in [0.29, 0.717) is 6.54 Å². The molecule has 0 aliphatic rings. The van der Waals surface area contributed by atoms with Gasteiger partial charge in [-0.25, -0.2) is 4.98 Å². The van der Waals surface area contributed by atoms with Gasteiger partial charge in [-0.05, 0) is 27.7 Å². The predicted molar refractivity (Wildman–Crippen MR) is 65.9 cm³/mol. The van der Waals surface area contributed by atoms with Crippen molar-refractivity contribution in [2.45, 2.75) is 40.8 Å². The lowest BCUT2D eigenvalue weighted by atomic mass is 10.2. The van der Waals surface area contributed by atoms with Crippen molar-refractivity contribution in [1.82, 2.24) is 14.7 Å². The Bertz CT molecular complexity index is 493. The third-order valence-corrected chi connectivity index (χ3v) is 2.84. The van der Waals surface area contributed by atoms with Crippen LogP contribution in [0.2, 0.25) is 0 Å². The molecule has 2 heterocycles. The van der Waals surface area contributed by atoms with Gasteiger partial charge in [0.05, 0.1) is 11.4 Å². The van der Waals surface area contributed by atoms with Crippen molar-refractivity contribution in [2.75, 3.05) is 5.32 Å². The summed E-state index contributed by atoms with van der Waals surface area (Å²) in [5.41, 5.74) is 3.06. The van der Waals surface area contributed by atoms with Crippen LogP contribution in [0.5, 0.6) is 0 Å². The maximum Gasteiger partial charge on any atom is 0.203 e. The Morgan fingerprint density at radius 1 is 1.35 bits per heavy atom. The van der Waals surface area contributed by atoms with Gasteiger partial charge in [0, 0.05) is 24.8 Å². The van der Waals surface area contributed by atoms with Crippen LogP contribution in [-0.2, 0) is 13.1 Å². The molecule has 0 aromatic carbocycles. The number of aryl methyl sites for hydroxylation is 4. The number of nitrogens with zero attached hydrogens (tertiary/aromatic N) is 3. The largest absolute Gasteiger partial charge is 0.361 e. The average molecular weight is 234 g/mol. The van der Waals surface area contributed by atoms with Gasteiger partial charge < -0.3 is 14.4 Å². The molecule has 5 nitrogen and oxygen atoms in total. The van der Waals surface area contributed by atoms with E-state index in [1.807, 2.05) is 27.0 Å². The highest BCUT2D eigenvalue weighted by Crippen LogP contribution is 2.15. The van der Waals surface area contributed by atoms with Crippen molar-refractivity contribution in [3.05, 3.63) is 28.9 Å². The van der Waals surface area contributed by atoms with Gasteiger partial charge in [0.15, 0.2) is 0 Å².